The lowest BCUT2D eigenvalue weighted by Crippen LogP contribution is -2.30. The van der Waals surface area contributed by atoms with Crippen LogP contribution < -0.4 is 10.1 Å². The van der Waals surface area contributed by atoms with E-state index in [2.05, 4.69) is 19.2 Å². The molecule has 1 atom stereocenters. The smallest absolute Gasteiger partial charge is 0.162 e. The lowest BCUT2D eigenvalue weighted by atomic mass is 10.1. The Balaban J connectivity index is 2.31. The second-order valence-electron chi connectivity index (χ2n) is 4.89. The van der Waals surface area contributed by atoms with Gasteiger partial charge in [-0.15, -0.1) is 0 Å². The summed E-state index contributed by atoms with van der Waals surface area (Å²) in [6.07, 6.45) is 1.03. The van der Waals surface area contributed by atoms with Gasteiger partial charge in [-0.25, -0.2) is 8.78 Å². The molecule has 0 radical (unpaired) electrons. The van der Waals surface area contributed by atoms with Crippen LogP contribution in [0.5, 0.6) is 5.75 Å². The van der Waals surface area contributed by atoms with Gasteiger partial charge in [-0.05, 0) is 37.9 Å². The molecule has 0 aliphatic rings. The van der Waals surface area contributed by atoms with Crippen LogP contribution >= 0.6 is 0 Å². The van der Waals surface area contributed by atoms with Crippen LogP contribution in [0.1, 0.15) is 27.2 Å². The van der Waals surface area contributed by atoms with Crippen molar-refractivity contribution < 1.29 is 13.5 Å². The number of benzene rings is 1. The van der Waals surface area contributed by atoms with Crippen LogP contribution in [0.3, 0.4) is 0 Å². The minimum absolute atomic E-state index is 0.0815. The number of halogens is 2. The van der Waals surface area contributed by atoms with Gasteiger partial charge in [0, 0.05) is 12.6 Å². The average Bonchev–Trinajstić information content (AvgIpc) is 2.29. The highest BCUT2D eigenvalue weighted by molar-refractivity contribution is 5.23. The van der Waals surface area contributed by atoms with Crippen molar-refractivity contribution in [3.05, 3.63) is 29.8 Å². The maximum absolute atomic E-state index is 13.0. The zero-order valence-electron chi connectivity index (χ0n) is 11.2. The molecule has 0 aliphatic heterocycles. The molecule has 1 N–H and O–H groups in total. The van der Waals surface area contributed by atoms with Crippen molar-refractivity contribution in [2.75, 3.05) is 13.1 Å². The van der Waals surface area contributed by atoms with Gasteiger partial charge in [-0.2, -0.15) is 0 Å². The first-order valence-corrected chi connectivity index (χ1v) is 6.31. The van der Waals surface area contributed by atoms with Gasteiger partial charge in [0.1, 0.15) is 11.9 Å². The molecular weight excluding hydrogens is 236 g/mol. The first kappa shape index (κ1) is 14.9. The SMILES string of the molecule is CC(C)CCNCC(C)Oc1ccc(F)c(F)c1. The zero-order valence-corrected chi connectivity index (χ0v) is 11.2. The van der Waals surface area contributed by atoms with E-state index in [1.165, 1.54) is 6.07 Å². The van der Waals surface area contributed by atoms with Crippen LogP contribution in [0.2, 0.25) is 0 Å². The summed E-state index contributed by atoms with van der Waals surface area (Å²) in [5, 5.41) is 3.27. The number of nitrogens with one attached hydrogen (secondary N) is 1. The van der Waals surface area contributed by atoms with Crippen molar-refractivity contribution in [3.63, 3.8) is 0 Å². The summed E-state index contributed by atoms with van der Waals surface area (Å²) in [6.45, 7) is 7.85. The van der Waals surface area contributed by atoms with Crippen LogP contribution in [-0.2, 0) is 0 Å². The average molecular weight is 257 g/mol. The second-order valence-corrected chi connectivity index (χ2v) is 4.89. The van der Waals surface area contributed by atoms with Crippen molar-refractivity contribution in [1.29, 1.82) is 0 Å². The van der Waals surface area contributed by atoms with Gasteiger partial charge < -0.3 is 10.1 Å². The molecule has 1 rings (SSSR count). The third-order valence-corrected chi connectivity index (χ3v) is 2.56. The van der Waals surface area contributed by atoms with Crippen LogP contribution in [0.15, 0.2) is 18.2 Å². The molecule has 1 unspecified atom stereocenters. The van der Waals surface area contributed by atoms with Crippen LogP contribution in [0.4, 0.5) is 8.78 Å². The van der Waals surface area contributed by atoms with Crippen molar-refractivity contribution in [2.45, 2.75) is 33.3 Å². The Kier molecular flexibility index (Phi) is 6.05. The third-order valence-electron chi connectivity index (χ3n) is 2.56. The van der Waals surface area contributed by atoms with Crippen molar-refractivity contribution in [1.82, 2.24) is 5.32 Å². The summed E-state index contributed by atoms with van der Waals surface area (Å²) in [5.74, 6) is -0.718. The van der Waals surface area contributed by atoms with E-state index in [-0.39, 0.29) is 6.10 Å². The first-order chi connectivity index (χ1) is 8.49. The highest BCUT2D eigenvalue weighted by atomic mass is 19.2. The standard InChI is InChI=1S/C14H21F2NO/c1-10(2)6-7-17-9-11(3)18-12-4-5-13(15)14(16)8-12/h4-5,8,10-11,17H,6-7,9H2,1-3H3. The van der Waals surface area contributed by atoms with E-state index in [0.29, 0.717) is 18.2 Å². The predicted octanol–water partition coefficient (Wildman–Crippen LogP) is 3.37. The second kappa shape index (κ2) is 7.31. The minimum atomic E-state index is -0.882. The molecule has 2 nitrogen and oxygen atoms in total. The fourth-order valence-electron chi connectivity index (χ4n) is 1.52. The Bertz CT molecular complexity index is 369. The Morgan fingerprint density at radius 3 is 2.50 bits per heavy atom. The van der Waals surface area contributed by atoms with E-state index in [0.717, 1.165) is 25.1 Å². The fraction of sp³-hybridized carbons (Fsp3) is 0.571. The van der Waals surface area contributed by atoms with E-state index in [1.807, 2.05) is 6.92 Å². The molecule has 1 aromatic carbocycles. The maximum Gasteiger partial charge on any atom is 0.162 e. The molecule has 102 valence electrons. The molecule has 18 heavy (non-hydrogen) atoms. The van der Waals surface area contributed by atoms with E-state index in [4.69, 9.17) is 4.74 Å². The van der Waals surface area contributed by atoms with Crippen molar-refractivity contribution in [3.8, 4) is 5.75 Å². The normalized spacial score (nSPS) is 12.8. The summed E-state index contributed by atoms with van der Waals surface area (Å²) < 4.78 is 31.2. The highest BCUT2D eigenvalue weighted by Crippen LogP contribution is 2.16. The molecule has 0 saturated heterocycles. The highest BCUT2D eigenvalue weighted by Gasteiger charge is 2.07. The summed E-state index contributed by atoms with van der Waals surface area (Å²) in [4.78, 5) is 0. The largest absolute Gasteiger partial charge is 0.489 e. The Morgan fingerprint density at radius 2 is 1.89 bits per heavy atom. The van der Waals surface area contributed by atoms with E-state index >= 15 is 0 Å². The molecule has 0 bridgehead atoms. The van der Waals surface area contributed by atoms with E-state index < -0.39 is 11.6 Å². The minimum Gasteiger partial charge on any atom is -0.489 e. The summed E-state index contributed by atoms with van der Waals surface area (Å²) in [5.41, 5.74) is 0. The zero-order chi connectivity index (χ0) is 13.5. The molecular formula is C14H21F2NO. The van der Waals surface area contributed by atoms with Gasteiger partial charge in [0.2, 0.25) is 0 Å². The Hall–Kier alpha value is -1.16. The number of rotatable bonds is 7. The van der Waals surface area contributed by atoms with Crippen LogP contribution in [0, 0.1) is 17.6 Å². The predicted molar refractivity (Wildman–Crippen MR) is 68.8 cm³/mol. The molecule has 0 spiro atoms. The third kappa shape index (κ3) is 5.45. The summed E-state index contributed by atoms with van der Waals surface area (Å²) in [6, 6.07) is 3.58. The summed E-state index contributed by atoms with van der Waals surface area (Å²) >= 11 is 0. The molecule has 0 amide bonds. The number of ether oxygens (including phenoxy) is 1. The maximum atomic E-state index is 13.0. The summed E-state index contributed by atoms with van der Waals surface area (Å²) in [7, 11) is 0. The van der Waals surface area contributed by atoms with E-state index in [9.17, 15) is 8.78 Å². The monoisotopic (exact) mass is 257 g/mol. The van der Waals surface area contributed by atoms with Gasteiger partial charge in [0.05, 0.1) is 0 Å². The van der Waals surface area contributed by atoms with Gasteiger partial charge in [0.15, 0.2) is 11.6 Å². The molecule has 0 aromatic heterocycles. The Labute approximate surface area is 107 Å². The van der Waals surface area contributed by atoms with E-state index in [1.54, 1.807) is 0 Å². The van der Waals surface area contributed by atoms with Crippen LogP contribution in [0.25, 0.3) is 0 Å². The molecule has 0 heterocycles. The van der Waals surface area contributed by atoms with Crippen molar-refractivity contribution >= 4 is 0 Å². The first-order valence-electron chi connectivity index (χ1n) is 6.31. The Morgan fingerprint density at radius 1 is 1.17 bits per heavy atom. The van der Waals surface area contributed by atoms with Gasteiger partial charge in [-0.1, -0.05) is 13.8 Å². The lowest BCUT2D eigenvalue weighted by molar-refractivity contribution is 0.215. The van der Waals surface area contributed by atoms with Gasteiger partial charge in [-0.3, -0.25) is 0 Å². The molecule has 0 aliphatic carbocycles. The quantitative estimate of drug-likeness (QED) is 0.756. The molecule has 0 saturated carbocycles. The number of hydrogen-bond donors (Lipinski definition) is 1. The van der Waals surface area contributed by atoms with Gasteiger partial charge in [0.25, 0.3) is 0 Å². The number of hydrogen-bond acceptors (Lipinski definition) is 2. The molecule has 1 aromatic rings. The van der Waals surface area contributed by atoms with Crippen molar-refractivity contribution in [2.24, 2.45) is 5.92 Å². The molecule has 0 fully saturated rings. The topological polar surface area (TPSA) is 21.3 Å². The fourth-order valence-corrected chi connectivity index (χ4v) is 1.52. The lowest BCUT2D eigenvalue weighted by Gasteiger charge is -2.16. The van der Waals surface area contributed by atoms with Crippen LogP contribution in [-0.4, -0.2) is 19.2 Å². The molecule has 4 heteroatoms. The van der Waals surface area contributed by atoms with Gasteiger partial charge >= 0.3 is 0 Å².